The van der Waals surface area contributed by atoms with E-state index in [-0.39, 0.29) is 16.7 Å². The van der Waals surface area contributed by atoms with Crippen LogP contribution >= 0.6 is 0 Å². The molecule has 15 heteroatoms. The van der Waals surface area contributed by atoms with Gasteiger partial charge in [-0.1, -0.05) is 72.8 Å². The van der Waals surface area contributed by atoms with E-state index in [9.17, 15) is 66.4 Å². The Morgan fingerprint density at radius 1 is 0.317 bits per heavy atom. The number of benzene rings is 9. The van der Waals surface area contributed by atoms with Crippen LogP contribution in [0, 0.1) is 0 Å². The van der Waals surface area contributed by atoms with Crippen molar-refractivity contribution in [1.29, 1.82) is 0 Å². The van der Waals surface area contributed by atoms with Gasteiger partial charge >= 0.3 is 0 Å². The number of rotatable bonds is 4. The lowest BCUT2D eigenvalue weighted by Gasteiger charge is -2.22. The van der Waals surface area contributed by atoms with Gasteiger partial charge < -0.3 is 70.8 Å². The Morgan fingerprint density at radius 2 is 0.762 bits per heavy atom. The molecule has 308 valence electrons. The average Bonchev–Trinajstić information content (AvgIpc) is 3.66. The number of furan rings is 1. The number of aromatic hydroxyl groups is 13. The smallest absolute Gasteiger partial charge is 0.208 e. The number of phenolic OH excluding ortho intramolecular Hbond substituents is 13. The molecule has 0 amide bonds. The third kappa shape index (κ3) is 5.13. The second-order valence-corrected chi connectivity index (χ2v) is 15.0. The quantitative estimate of drug-likeness (QED) is 0.0342. The van der Waals surface area contributed by atoms with Gasteiger partial charge in [0, 0.05) is 16.3 Å². The molecule has 2 radical (unpaired) electrons. The van der Waals surface area contributed by atoms with Crippen molar-refractivity contribution in [2.75, 3.05) is 0 Å². The van der Waals surface area contributed by atoms with E-state index in [1.807, 2.05) is 30.3 Å². The molecule has 0 aliphatic rings. The summed E-state index contributed by atoms with van der Waals surface area (Å²) in [5.74, 6) is -13.9. The predicted molar refractivity (Wildman–Crippen MR) is 235 cm³/mol. The summed E-state index contributed by atoms with van der Waals surface area (Å²) in [4.78, 5) is 0. The summed E-state index contributed by atoms with van der Waals surface area (Å²) < 4.78 is 6.43. The van der Waals surface area contributed by atoms with Gasteiger partial charge in [-0.15, -0.1) is 0 Å². The van der Waals surface area contributed by atoms with Crippen molar-refractivity contribution < 1.29 is 70.8 Å². The molecule has 14 nitrogen and oxygen atoms in total. The Bertz CT molecular complexity index is 3540. The minimum Gasteiger partial charge on any atom is -0.505 e. The molecular weight excluding hydrogens is 811 g/mol. The monoisotopic (exact) mass is 840 g/mol. The van der Waals surface area contributed by atoms with E-state index in [4.69, 9.17) is 12.3 Å². The van der Waals surface area contributed by atoms with E-state index >= 15 is 0 Å². The highest BCUT2D eigenvalue weighted by Gasteiger charge is 2.34. The Morgan fingerprint density at radius 3 is 1.29 bits per heavy atom. The minimum atomic E-state index is -1.32. The maximum atomic E-state index is 11.7. The van der Waals surface area contributed by atoms with Crippen molar-refractivity contribution >= 4 is 67.6 Å². The highest BCUT2D eigenvalue weighted by molar-refractivity contribution is 6.37. The lowest BCUT2D eigenvalue weighted by Crippen LogP contribution is -2.05. The van der Waals surface area contributed by atoms with Gasteiger partial charge in [0.2, 0.25) is 17.2 Å². The Labute approximate surface area is 353 Å². The zero-order valence-electron chi connectivity index (χ0n) is 32.0. The normalized spacial score (nSPS) is 11.7. The largest absolute Gasteiger partial charge is 0.505 e. The number of phenols is 13. The molecule has 0 fully saturated rings. The average molecular weight is 841 g/mol. The molecule has 0 spiro atoms. The van der Waals surface area contributed by atoms with Crippen LogP contribution in [0.3, 0.4) is 0 Å². The van der Waals surface area contributed by atoms with Crippen LogP contribution in [0.5, 0.6) is 74.7 Å². The van der Waals surface area contributed by atoms with Gasteiger partial charge in [0.05, 0.1) is 22.3 Å². The Hall–Kier alpha value is -8.98. The second kappa shape index (κ2) is 13.3. The van der Waals surface area contributed by atoms with Crippen LogP contribution in [0.25, 0.3) is 98.8 Å². The van der Waals surface area contributed by atoms with Crippen LogP contribution in [0.2, 0.25) is 0 Å². The van der Waals surface area contributed by atoms with E-state index in [2.05, 4.69) is 0 Å². The van der Waals surface area contributed by atoms with E-state index in [0.717, 1.165) is 16.3 Å². The third-order valence-electron chi connectivity index (χ3n) is 11.6. The first-order valence-electron chi connectivity index (χ1n) is 18.9. The molecule has 10 aromatic rings. The van der Waals surface area contributed by atoms with Crippen molar-refractivity contribution in [3.05, 3.63) is 97.1 Å². The maximum Gasteiger partial charge on any atom is 0.208 e. The summed E-state index contributed by atoms with van der Waals surface area (Å²) in [5.41, 5.74) is -0.390. The van der Waals surface area contributed by atoms with Crippen molar-refractivity contribution in [1.82, 2.24) is 0 Å². The van der Waals surface area contributed by atoms with Crippen molar-refractivity contribution in [3.8, 4) is 119 Å². The van der Waals surface area contributed by atoms with E-state index < -0.39 is 96.9 Å². The molecule has 0 bridgehead atoms. The van der Waals surface area contributed by atoms with Crippen LogP contribution in [0.1, 0.15) is 0 Å². The highest BCUT2D eigenvalue weighted by atomic mass is 16.4. The number of hydrogen-bond acceptors (Lipinski definition) is 14. The summed E-state index contributed by atoms with van der Waals surface area (Å²) in [5, 5.41) is 145. The summed E-state index contributed by atoms with van der Waals surface area (Å²) in [6.07, 6.45) is 0. The summed E-state index contributed by atoms with van der Waals surface area (Å²) in [6, 6.07) is 28.2. The van der Waals surface area contributed by atoms with Crippen molar-refractivity contribution in [3.63, 3.8) is 0 Å². The molecule has 0 aliphatic heterocycles. The van der Waals surface area contributed by atoms with Crippen LogP contribution in [-0.2, 0) is 0 Å². The first-order valence-corrected chi connectivity index (χ1v) is 18.9. The standard InChI is InChI=1S/C48H29BO14/c49-35-44(58)36(50)28(37(51)45(35)59)18-13-12-17-15-25-27(16-19(17)14-18)63-26-11-5-10-24(30(25)26)29-20-6-1-3-8-22(20)31(23-9-4-2-7-21(23)29)32-38(52)40(54)33(41(55)39(32)53)34-42(56)46(60)48(62)47(61)43(34)57/h1-16,50-62H. The fourth-order valence-electron chi connectivity index (χ4n) is 8.70. The zero-order valence-corrected chi connectivity index (χ0v) is 32.0. The molecule has 0 saturated carbocycles. The molecule has 1 aromatic heterocycles. The first kappa shape index (κ1) is 38.2. The van der Waals surface area contributed by atoms with Crippen LogP contribution in [0.15, 0.2) is 101 Å². The van der Waals surface area contributed by atoms with Crippen LogP contribution in [0.4, 0.5) is 0 Å². The van der Waals surface area contributed by atoms with Gasteiger partial charge in [0.25, 0.3) is 0 Å². The summed E-state index contributed by atoms with van der Waals surface area (Å²) in [7, 11) is 5.63. The molecular formula is C48H29BO14. The van der Waals surface area contributed by atoms with Gasteiger partial charge in [-0.3, -0.25) is 0 Å². The Kier molecular flexibility index (Phi) is 8.05. The molecule has 13 N–H and O–H groups in total. The van der Waals surface area contributed by atoms with Gasteiger partial charge in [0.1, 0.15) is 19.0 Å². The molecule has 10 rings (SSSR count). The lowest BCUT2D eigenvalue weighted by atomic mass is 9.83. The molecule has 63 heavy (non-hydrogen) atoms. The maximum absolute atomic E-state index is 11.7. The minimum absolute atomic E-state index is 0.160. The topological polar surface area (TPSA) is 276 Å². The van der Waals surface area contributed by atoms with E-state index in [1.165, 1.54) is 0 Å². The van der Waals surface area contributed by atoms with Gasteiger partial charge in [-0.05, 0) is 78.7 Å². The first-order chi connectivity index (χ1) is 30.1. The van der Waals surface area contributed by atoms with E-state index in [0.29, 0.717) is 49.0 Å². The number of fused-ring (bicyclic) bond motifs is 6. The van der Waals surface area contributed by atoms with Crippen molar-refractivity contribution in [2.24, 2.45) is 0 Å². The molecule has 1 heterocycles. The zero-order chi connectivity index (χ0) is 44.5. The Balaban J connectivity index is 1.22. The van der Waals surface area contributed by atoms with Gasteiger partial charge in [-0.2, -0.15) is 0 Å². The van der Waals surface area contributed by atoms with Crippen molar-refractivity contribution in [2.45, 2.75) is 0 Å². The molecule has 0 aliphatic carbocycles. The number of hydrogen-bond donors (Lipinski definition) is 13. The molecule has 0 atom stereocenters. The lowest BCUT2D eigenvalue weighted by molar-refractivity contribution is 0.329. The fourth-order valence-corrected chi connectivity index (χ4v) is 8.70. The highest BCUT2D eigenvalue weighted by Crippen LogP contribution is 2.63. The SMILES string of the molecule is [B]c1c(O)c(O)c(-c2ccc3cc4c(cc3c2)oc2cccc(-c3c5ccccc5c(-c5c(O)c(O)c(-c6c(O)c(O)c(O)c(O)c6O)c(O)c5O)c5ccccc35)c24)c(O)c1O. The predicted octanol–water partition coefficient (Wildman–Crippen LogP) is 8.68. The fraction of sp³-hybridized carbons (Fsp3) is 0. The van der Waals surface area contributed by atoms with E-state index in [1.54, 1.807) is 66.7 Å². The van der Waals surface area contributed by atoms with Crippen LogP contribution in [-0.4, -0.2) is 74.2 Å². The molecule has 0 unspecified atom stereocenters. The van der Waals surface area contributed by atoms with Crippen LogP contribution < -0.4 is 5.46 Å². The third-order valence-corrected chi connectivity index (χ3v) is 11.6. The second-order valence-electron chi connectivity index (χ2n) is 15.0. The summed E-state index contributed by atoms with van der Waals surface area (Å²) in [6.45, 7) is 0. The summed E-state index contributed by atoms with van der Waals surface area (Å²) >= 11 is 0. The molecule has 9 aromatic carbocycles. The van der Waals surface area contributed by atoms with Gasteiger partial charge in [-0.25, -0.2) is 0 Å². The van der Waals surface area contributed by atoms with Gasteiger partial charge in [0.15, 0.2) is 57.5 Å². The molecule has 0 saturated heterocycles.